The Hall–Kier alpha value is -2.08. The van der Waals surface area contributed by atoms with E-state index in [0.29, 0.717) is 10.5 Å². The molecule has 0 saturated heterocycles. The summed E-state index contributed by atoms with van der Waals surface area (Å²) in [6, 6.07) is 6.96. The molecule has 1 aromatic heterocycles. The Bertz CT molecular complexity index is 694. The number of aromatic nitrogens is 1. The fourth-order valence-corrected chi connectivity index (χ4v) is 3.73. The standard InChI is InChI=1S/C16H17NO4S/c1-21-16(20)12-8-4-5-9-13(12)22-17-14(18)10-6-2-3-7-11(10)15(17)19/h4-5,8-9,18-19H,2-3,6-7H2,1H3. The zero-order valence-electron chi connectivity index (χ0n) is 12.2. The first-order valence-electron chi connectivity index (χ1n) is 7.13. The summed E-state index contributed by atoms with van der Waals surface area (Å²) in [5, 5.41) is 20.7. The average Bonchev–Trinajstić information content (AvgIpc) is 2.80. The fourth-order valence-electron chi connectivity index (χ4n) is 2.75. The Morgan fingerprint density at radius 1 is 1.14 bits per heavy atom. The van der Waals surface area contributed by atoms with Crippen molar-refractivity contribution in [3.8, 4) is 11.8 Å². The lowest BCUT2D eigenvalue weighted by atomic mass is 9.95. The van der Waals surface area contributed by atoms with Crippen LogP contribution in [0.25, 0.3) is 0 Å². The van der Waals surface area contributed by atoms with Gasteiger partial charge in [-0.15, -0.1) is 0 Å². The molecular formula is C16H17NO4S. The topological polar surface area (TPSA) is 71.7 Å². The number of esters is 1. The van der Waals surface area contributed by atoms with Crippen LogP contribution in [0.4, 0.5) is 0 Å². The van der Waals surface area contributed by atoms with Crippen LogP contribution in [0.15, 0.2) is 29.2 Å². The molecule has 0 amide bonds. The van der Waals surface area contributed by atoms with E-state index in [1.807, 2.05) is 0 Å². The predicted octanol–water partition coefficient (Wildman–Crippen LogP) is 3.12. The van der Waals surface area contributed by atoms with E-state index in [1.54, 1.807) is 24.3 Å². The second-order valence-electron chi connectivity index (χ2n) is 5.18. The van der Waals surface area contributed by atoms with Gasteiger partial charge in [0.2, 0.25) is 11.8 Å². The van der Waals surface area contributed by atoms with Gasteiger partial charge in [0.25, 0.3) is 0 Å². The second-order valence-corrected chi connectivity index (χ2v) is 6.17. The SMILES string of the molecule is COC(=O)c1ccccc1Sn1c(O)c2c(c1O)CCCC2. The number of rotatable bonds is 3. The van der Waals surface area contributed by atoms with E-state index < -0.39 is 5.97 Å². The molecule has 1 aliphatic carbocycles. The minimum Gasteiger partial charge on any atom is -0.494 e. The third kappa shape index (κ3) is 2.43. The summed E-state index contributed by atoms with van der Waals surface area (Å²) in [6.45, 7) is 0. The van der Waals surface area contributed by atoms with Crippen molar-refractivity contribution in [3.63, 3.8) is 0 Å². The van der Waals surface area contributed by atoms with Crippen LogP contribution in [-0.4, -0.2) is 27.3 Å². The first-order chi connectivity index (χ1) is 10.6. The van der Waals surface area contributed by atoms with Gasteiger partial charge in [-0.05, 0) is 49.8 Å². The molecule has 0 bridgehead atoms. The molecule has 0 radical (unpaired) electrons. The molecule has 1 aromatic carbocycles. The number of ether oxygens (including phenoxy) is 1. The predicted molar refractivity (Wildman–Crippen MR) is 83.4 cm³/mol. The summed E-state index contributed by atoms with van der Waals surface area (Å²) in [5.74, 6) is -0.312. The molecule has 1 heterocycles. The number of carbonyl (C=O) groups excluding carboxylic acids is 1. The van der Waals surface area contributed by atoms with Crippen molar-refractivity contribution in [1.29, 1.82) is 0 Å². The van der Waals surface area contributed by atoms with Crippen molar-refractivity contribution >= 4 is 17.9 Å². The van der Waals surface area contributed by atoms with E-state index in [2.05, 4.69) is 0 Å². The highest BCUT2D eigenvalue weighted by Crippen LogP contribution is 2.43. The van der Waals surface area contributed by atoms with Gasteiger partial charge in [0.15, 0.2) is 0 Å². The summed E-state index contributed by atoms with van der Waals surface area (Å²) in [5.41, 5.74) is 2.03. The molecule has 6 heteroatoms. The number of aromatic hydroxyl groups is 2. The fraction of sp³-hybridized carbons (Fsp3) is 0.312. The highest BCUT2D eigenvalue weighted by Gasteiger charge is 2.26. The Balaban J connectivity index is 2.01. The second kappa shape index (κ2) is 5.96. The van der Waals surface area contributed by atoms with Crippen LogP contribution in [0, 0.1) is 0 Å². The van der Waals surface area contributed by atoms with Gasteiger partial charge in [-0.2, -0.15) is 0 Å². The van der Waals surface area contributed by atoms with Crippen LogP contribution in [0.2, 0.25) is 0 Å². The number of hydrogen-bond acceptors (Lipinski definition) is 5. The summed E-state index contributed by atoms with van der Waals surface area (Å²) in [6.07, 6.45) is 3.54. The van der Waals surface area contributed by atoms with E-state index in [-0.39, 0.29) is 11.8 Å². The quantitative estimate of drug-likeness (QED) is 0.851. The largest absolute Gasteiger partial charge is 0.494 e. The van der Waals surface area contributed by atoms with Gasteiger partial charge in [0, 0.05) is 16.0 Å². The lowest BCUT2D eigenvalue weighted by molar-refractivity contribution is 0.0596. The summed E-state index contributed by atoms with van der Waals surface area (Å²) >= 11 is 1.12. The van der Waals surface area contributed by atoms with Crippen molar-refractivity contribution < 1.29 is 19.7 Å². The van der Waals surface area contributed by atoms with Gasteiger partial charge in [0.05, 0.1) is 12.7 Å². The molecule has 2 N–H and O–H groups in total. The van der Waals surface area contributed by atoms with Gasteiger partial charge in [-0.25, -0.2) is 8.77 Å². The maximum Gasteiger partial charge on any atom is 0.339 e. The van der Waals surface area contributed by atoms with Gasteiger partial charge in [-0.1, -0.05) is 12.1 Å². The lowest BCUT2D eigenvalue weighted by Crippen LogP contribution is -2.03. The van der Waals surface area contributed by atoms with Crippen molar-refractivity contribution in [2.75, 3.05) is 7.11 Å². The number of benzene rings is 1. The van der Waals surface area contributed by atoms with E-state index in [1.165, 1.54) is 11.1 Å². The summed E-state index contributed by atoms with van der Waals surface area (Å²) in [7, 11) is 1.33. The normalized spacial score (nSPS) is 13.7. The van der Waals surface area contributed by atoms with Crippen molar-refractivity contribution in [2.24, 2.45) is 0 Å². The van der Waals surface area contributed by atoms with Gasteiger partial charge in [0.1, 0.15) is 0 Å². The molecule has 22 heavy (non-hydrogen) atoms. The summed E-state index contributed by atoms with van der Waals surface area (Å²) < 4.78 is 6.16. The Morgan fingerprint density at radius 3 is 2.32 bits per heavy atom. The minimum atomic E-state index is -0.445. The number of hydrogen-bond donors (Lipinski definition) is 2. The molecule has 2 aromatic rings. The maximum atomic E-state index is 11.8. The molecule has 0 atom stereocenters. The zero-order chi connectivity index (χ0) is 15.7. The Labute approximate surface area is 132 Å². The molecule has 0 spiro atoms. The van der Waals surface area contributed by atoms with Gasteiger partial charge < -0.3 is 14.9 Å². The van der Waals surface area contributed by atoms with Gasteiger partial charge in [-0.3, -0.25) is 0 Å². The molecule has 3 rings (SSSR count). The van der Waals surface area contributed by atoms with Crippen molar-refractivity contribution in [3.05, 3.63) is 41.0 Å². The van der Waals surface area contributed by atoms with E-state index in [0.717, 1.165) is 48.8 Å². The molecular weight excluding hydrogens is 302 g/mol. The van der Waals surface area contributed by atoms with Crippen LogP contribution >= 0.6 is 11.9 Å². The van der Waals surface area contributed by atoms with Crippen LogP contribution < -0.4 is 0 Å². The molecule has 1 aliphatic rings. The first kappa shape index (κ1) is 14.8. The molecule has 0 fully saturated rings. The van der Waals surface area contributed by atoms with E-state index in [9.17, 15) is 15.0 Å². The van der Waals surface area contributed by atoms with Crippen molar-refractivity contribution in [2.45, 2.75) is 30.6 Å². The number of methoxy groups -OCH3 is 1. The zero-order valence-corrected chi connectivity index (χ0v) is 13.0. The molecule has 0 saturated carbocycles. The molecule has 0 aliphatic heterocycles. The van der Waals surface area contributed by atoms with Gasteiger partial charge >= 0.3 is 5.97 Å². The number of carbonyl (C=O) groups is 1. The number of fused-ring (bicyclic) bond motifs is 1. The maximum absolute atomic E-state index is 11.8. The van der Waals surface area contributed by atoms with E-state index >= 15 is 0 Å². The minimum absolute atomic E-state index is 0.0665. The van der Waals surface area contributed by atoms with Crippen LogP contribution in [0.1, 0.15) is 34.3 Å². The number of nitrogens with zero attached hydrogens (tertiary/aromatic N) is 1. The lowest BCUT2D eigenvalue weighted by Gasteiger charge is -2.09. The van der Waals surface area contributed by atoms with Crippen LogP contribution in [0.3, 0.4) is 0 Å². The molecule has 0 unspecified atom stereocenters. The van der Waals surface area contributed by atoms with Crippen LogP contribution in [0.5, 0.6) is 11.8 Å². The van der Waals surface area contributed by atoms with E-state index in [4.69, 9.17) is 4.74 Å². The molecule has 5 nitrogen and oxygen atoms in total. The van der Waals surface area contributed by atoms with Crippen molar-refractivity contribution in [1.82, 2.24) is 3.97 Å². The Kier molecular flexibility index (Phi) is 4.02. The average molecular weight is 319 g/mol. The first-order valence-corrected chi connectivity index (χ1v) is 7.91. The smallest absolute Gasteiger partial charge is 0.339 e. The third-order valence-corrected chi connectivity index (χ3v) is 4.96. The highest BCUT2D eigenvalue weighted by atomic mass is 32.2. The summed E-state index contributed by atoms with van der Waals surface area (Å²) in [4.78, 5) is 12.4. The molecule has 116 valence electrons. The van der Waals surface area contributed by atoms with Crippen LogP contribution in [-0.2, 0) is 17.6 Å². The highest BCUT2D eigenvalue weighted by molar-refractivity contribution is 7.98. The monoisotopic (exact) mass is 319 g/mol. The Morgan fingerprint density at radius 2 is 1.73 bits per heavy atom. The third-order valence-electron chi connectivity index (χ3n) is 3.87.